The van der Waals surface area contributed by atoms with Crippen LogP contribution in [0.15, 0.2) is 35.7 Å². The normalized spacial score (nSPS) is 15.9. The number of rotatable bonds is 8. The third-order valence-corrected chi connectivity index (χ3v) is 2.34. The number of carbonyl (C=O) groups excluding carboxylic acids is 1. The van der Waals surface area contributed by atoms with Crippen molar-refractivity contribution in [3.05, 3.63) is 35.7 Å². The lowest BCUT2D eigenvalue weighted by atomic mass is 10.00. The van der Waals surface area contributed by atoms with Crippen LogP contribution in [0.25, 0.3) is 0 Å². The van der Waals surface area contributed by atoms with Crippen molar-refractivity contribution < 1.29 is 14.3 Å². The molecular formula is C12H17ClFNO2. The van der Waals surface area contributed by atoms with Gasteiger partial charge in [0.15, 0.2) is 0 Å². The van der Waals surface area contributed by atoms with Gasteiger partial charge in [0, 0.05) is 11.1 Å². The molecule has 0 heterocycles. The van der Waals surface area contributed by atoms with E-state index in [1.54, 1.807) is 7.05 Å². The van der Waals surface area contributed by atoms with Crippen LogP contribution in [-0.4, -0.2) is 31.1 Å². The van der Waals surface area contributed by atoms with E-state index in [0.29, 0.717) is 6.29 Å². The van der Waals surface area contributed by atoms with E-state index in [0.717, 1.165) is 6.08 Å². The molecule has 3 nitrogen and oxygen atoms in total. The van der Waals surface area contributed by atoms with Crippen LogP contribution >= 0.6 is 11.6 Å². The summed E-state index contributed by atoms with van der Waals surface area (Å²) in [4.78, 5) is 10.8. The first kappa shape index (κ1) is 16.0. The summed E-state index contributed by atoms with van der Waals surface area (Å²) < 4.78 is 13.5. The Bertz CT molecular complexity index is 312. The first-order chi connectivity index (χ1) is 8.04. The molecule has 0 amide bonds. The van der Waals surface area contributed by atoms with Gasteiger partial charge in [0.1, 0.15) is 12.1 Å². The molecule has 96 valence electrons. The average Bonchev–Trinajstić information content (AvgIpc) is 2.30. The van der Waals surface area contributed by atoms with Gasteiger partial charge in [0.2, 0.25) is 0 Å². The molecule has 0 bridgehead atoms. The van der Waals surface area contributed by atoms with E-state index in [2.05, 4.69) is 11.9 Å². The van der Waals surface area contributed by atoms with Crippen molar-refractivity contribution >= 4 is 17.9 Å². The highest BCUT2D eigenvalue weighted by molar-refractivity contribution is 6.30. The van der Waals surface area contributed by atoms with E-state index in [1.165, 1.54) is 12.2 Å². The molecule has 0 aromatic heterocycles. The van der Waals surface area contributed by atoms with Gasteiger partial charge in [-0.3, -0.25) is 0 Å². The summed E-state index contributed by atoms with van der Waals surface area (Å²) in [7, 11) is 1.64. The molecule has 0 spiro atoms. The fraction of sp³-hybridized carbons (Fsp3) is 0.417. The molecule has 0 aliphatic heterocycles. The topological polar surface area (TPSA) is 49.3 Å². The first-order valence-electron chi connectivity index (χ1n) is 5.16. The zero-order valence-corrected chi connectivity index (χ0v) is 10.5. The molecule has 0 aliphatic rings. The minimum atomic E-state index is -0.868. The molecule has 2 atom stereocenters. The second kappa shape index (κ2) is 9.10. The third-order valence-electron chi connectivity index (χ3n) is 2.22. The van der Waals surface area contributed by atoms with Gasteiger partial charge in [-0.25, -0.2) is 4.39 Å². The average molecular weight is 262 g/mol. The van der Waals surface area contributed by atoms with Gasteiger partial charge in [0.25, 0.3) is 0 Å². The number of hydrogen-bond donors (Lipinski definition) is 2. The van der Waals surface area contributed by atoms with Crippen molar-refractivity contribution in [2.24, 2.45) is 5.92 Å². The van der Waals surface area contributed by atoms with Gasteiger partial charge < -0.3 is 15.2 Å². The maximum atomic E-state index is 13.5. The van der Waals surface area contributed by atoms with E-state index in [4.69, 9.17) is 16.7 Å². The fourth-order valence-electron chi connectivity index (χ4n) is 1.19. The van der Waals surface area contributed by atoms with E-state index in [1.807, 2.05) is 0 Å². The highest BCUT2D eigenvalue weighted by atomic mass is 35.5. The lowest BCUT2D eigenvalue weighted by Crippen LogP contribution is -2.31. The van der Waals surface area contributed by atoms with Gasteiger partial charge in [-0.05, 0) is 25.6 Å². The Labute approximate surface area is 106 Å². The van der Waals surface area contributed by atoms with Crippen molar-refractivity contribution in [2.45, 2.75) is 12.5 Å². The van der Waals surface area contributed by atoms with Crippen LogP contribution in [0, 0.1) is 5.92 Å². The molecule has 5 heteroatoms. The molecule has 2 N–H and O–H groups in total. The fourth-order valence-corrected chi connectivity index (χ4v) is 1.26. The summed E-state index contributed by atoms with van der Waals surface area (Å²) in [5, 5.41) is 12.0. The molecule has 0 radical (unpaired) electrons. The Balaban J connectivity index is 4.53. The predicted octanol–water partition coefficient (Wildman–Crippen LogP) is 1.93. The number of nitrogens with one attached hydrogen (secondary N) is 1. The van der Waals surface area contributed by atoms with E-state index >= 15 is 0 Å². The monoisotopic (exact) mass is 261 g/mol. The summed E-state index contributed by atoms with van der Waals surface area (Å²) in [6.45, 7) is 3.26. The molecule has 0 rings (SSSR count). The molecule has 0 aromatic carbocycles. The van der Waals surface area contributed by atoms with Crippen LogP contribution < -0.4 is 5.32 Å². The van der Waals surface area contributed by atoms with Gasteiger partial charge in [-0.2, -0.15) is 0 Å². The smallest absolute Gasteiger partial charge is 0.129 e. The minimum absolute atomic E-state index is 0.150. The quantitative estimate of drug-likeness (QED) is 0.519. The highest BCUT2D eigenvalue weighted by Gasteiger charge is 2.17. The van der Waals surface area contributed by atoms with Crippen LogP contribution in [0.2, 0.25) is 0 Å². The third kappa shape index (κ3) is 7.05. The number of aliphatic hydroxyl groups is 1. The maximum absolute atomic E-state index is 13.5. The lowest BCUT2D eigenvalue weighted by molar-refractivity contribution is -0.110. The van der Waals surface area contributed by atoms with Crippen molar-refractivity contribution in [1.29, 1.82) is 0 Å². The van der Waals surface area contributed by atoms with E-state index in [-0.39, 0.29) is 24.1 Å². The molecular weight excluding hydrogens is 245 g/mol. The van der Waals surface area contributed by atoms with Gasteiger partial charge in [-0.1, -0.05) is 24.3 Å². The van der Waals surface area contributed by atoms with Crippen molar-refractivity contribution in [2.75, 3.05) is 13.7 Å². The van der Waals surface area contributed by atoms with Crippen LogP contribution in [0.1, 0.15) is 6.42 Å². The Morgan fingerprint density at radius 2 is 2.29 bits per heavy atom. The highest BCUT2D eigenvalue weighted by Crippen LogP contribution is 2.16. The van der Waals surface area contributed by atoms with Crippen LogP contribution in [-0.2, 0) is 4.79 Å². The number of halogens is 2. The van der Waals surface area contributed by atoms with E-state index < -0.39 is 11.7 Å². The molecule has 0 aromatic rings. The Kier molecular flexibility index (Phi) is 8.58. The standard InChI is InChI=1S/C12H17ClFNO2/c1-9(13)4-3-5-12(14)10(7-16)6-11(8-17)15-2/h3-5,7,10-11,15,17H,1,6,8H2,2H3/b4-3-,12-5-/t10?,11-/m1/s1. The molecule has 0 aliphatic carbocycles. The minimum Gasteiger partial charge on any atom is -0.395 e. The maximum Gasteiger partial charge on any atom is 0.129 e. The number of carbonyl (C=O) groups is 1. The van der Waals surface area contributed by atoms with Crippen molar-refractivity contribution in [1.82, 2.24) is 5.32 Å². The number of hydrogen-bond acceptors (Lipinski definition) is 3. The summed E-state index contributed by atoms with van der Waals surface area (Å²) in [6.07, 6.45) is 4.69. The van der Waals surface area contributed by atoms with Crippen LogP contribution in [0.3, 0.4) is 0 Å². The molecule has 0 saturated heterocycles. The Morgan fingerprint density at radius 1 is 1.65 bits per heavy atom. The van der Waals surface area contributed by atoms with Gasteiger partial charge in [-0.15, -0.1) is 0 Å². The number of aldehydes is 1. The second-order valence-electron chi connectivity index (χ2n) is 3.50. The molecule has 0 fully saturated rings. The van der Waals surface area contributed by atoms with Crippen molar-refractivity contribution in [3.8, 4) is 0 Å². The number of allylic oxidation sites excluding steroid dienone is 5. The van der Waals surface area contributed by atoms with E-state index in [9.17, 15) is 9.18 Å². The van der Waals surface area contributed by atoms with Crippen LogP contribution in [0.4, 0.5) is 4.39 Å². The number of aliphatic hydroxyl groups excluding tert-OH is 1. The molecule has 17 heavy (non-hydrogen) atoms. The van der Waals surface area contributed by atoms with Gasteiger partial charge >= 0.3 is 0 Å². The zero-order chi connectivity index (χ0) is 13.3. The van der Waals surface area contributed by atoms with Gasteiger partial charge in [0.05, 0.1) is 12.5 Å². The molecule has 0 saturated carbocycles. The Morgan fingerprint density at radius 3 is 2.71 bits per heavy atom. The second-order valence-corrected chi connectivity index (χ2v) is 3.99. The van der Waals surface area contributed by atoms with Crippen LogP contribution in [0.5, 0.6) is 0 Å². The zero-order valence-electron chi connectivity index (χ0n) is 9.70. The Hall–Kier alpha value is -0.970. The predicted molar refractivity (Wildman–Crippen MR) is 67.4 cm³/mol. The summed E-state index contributed by atoms with van der Waals surface area (Å²) in [6, 6.07) is -0.309. The SMILES string of the molecule is C=C(Cl)/C=C\C=C(/F)C(C=O)C[C@H](CO)NC. The summed E-state index contributed by atoms with van der Waals surface area (Å²) >= 11 is 5.46. The van der Waals surface area contributed by atoms with Crippen molar-refractivity contribution in [3.63, 3.8) is 0 Å². The lowest BCUT2D eigenvalue weighted by Gasteiger charge is -2.16. The molecule has 1 unspecified atom stereocenters. The summed E-state index contributed by atoms with van der Waals surface area (Å²) in [5.41, 5.74) is 0. The summed E-state index contributed by atoms with van der Waals surface area (Å²) in [5.74, 6) is -1.43. The number of likely N-dealkylation sites (N-methyl/N-ethyl adjacent to an activating group) is 1. The first-order valence-corrected chi connectivity index (χ1v) is 5.54. The largest absolute Gasteiger partial charge is 0.395 e.